The number of rotatable bonds is 1. The van der Waals surface area contributed by atoms with Gasteiger partial charge in [-0.15, -0.1) is 0 Å². The van der Waals surface area contributed by atoms with Crippen molar-refractivity contribution >= 4 is 5.97 Å². The first kappa shape index (κ1) is 22.0. The number of carbonyl (C=O) groups is 1. The molecule has 4 saturated carbocycles. The second-order valence-corrected chi connectivity index (χ2v) is 12.7. The van der Waals surface area contributed by atoms with Crippen LogP contribution in [0.2, 0.25) is 0 Å². The van der Waals surface area contributed by atoms with E-state index in [0.717, 1.165) is 32.1 Å². The van der Waals surface area contributed by atoms with Gasteiger partial charge >= 0.3 is 5.97 Å². The Morgan fingerprint density at radius 2 is 1.77 bits per heavy atom. The maximum atomic E-state index is 13.1. The molecule has 0 bridgehead atoms. The summed E-state index contributed by atoms with van der Waals surface area (Å²) < 4.78 is 5.43. The zero-order valence-electron chi connectivity index (χ0n) is 20.5. The molecular weight excluding hydrogens is 384 g/mol. The highest BCUT2D eigenvalue weighted by molar-refractivity contribution is 5.78. The lowest BCUT2D eigenvalue weighted by atomic mass is 9.38. The summed E-state index contributed by atoms with van der Waals surface area (Å²) in [6, 6.07) is 0. The van der Waals surface area contributed by atoms with Crippen LogP contribution in [0.15, 0.2) is 11.6 Å². The van der Waals surface area contributed by atoms with Gasteiger partial charge in [-0.2, -0.15) is 0 Å². The van der Waals surface area contributed by atoms with Crippen molar-refractivity contribution < 1.29 is 14.6 Å². The molecule has 0 heterocycles. The van der Waals surface area contributed by atoms with Crippen LogP contribution in [0.25, 0.3) is 0 Å². The molecule has 0 aromatic heterocycles. The van der Waals surface area contributed by atoms with Crippen molar-refractivity contribution in [1.82, 2.24) is 0 Å². The number of fused-ring (bicyclic) bond motifs is 7. The second kappa shape index (κ2) is 7.34. The van der Waals surface area contributed by atoms with Crippen LogP contribution in [-0.2, 0) is 9.53 Å². The van der Waals surface area contributed by atoms with Crippen molar-refractivity contribution in [1.29, 1.82) is 0 Å². The molecule has 10 unspecified atom stereocenters. The van der Waals surface area contributed by atoms with Crippen molar-refractivity contribution in [3.05, 3.63) is 11.6 Å². The topological polar surface area (TPSA) is 46.5 Å². The molecule has 31 heavy (non-hydrogen) atoms. The van der Waals surface area contributed by atoms with E-state index in [4.69, 9.17) is 4.74 Å². The molecular formula is C28H44O3. The van der Waals surface area contributed by atoms with Gasteiger partial charge in [0.15, 0.2) is 0 Å². The van der Waals surface area contributed by atoms with Crippen molar-refractivity contribution in [2.75, 3.05) is 7.11 Å². The molecule has 0 aromatic rings. The molecule has 0 amide bonds. The Kier molecular flexibility index (Phi) is 5.20. The quantitative estimate of drug-likeness (QED) is 0.402. The monoisotopic (exact) mass is 428 g/mol. The minimum absolute atomic E-state index is 0.0569. The Morgan fingerprint density at radius 3 is 2.52 bits per heavy atom. The van der Waals surface area contributed by atoms with E-state index in [0.29, 0.717) is 46.3 Å². The van der Waals surface area contributed by atoms with Gasteiger partial charge in [-0.1, -0.05) is 52.2 Å². The molecule has 1 N–H and O–H groups in total. The lowest BCUT2D eigenvalue weighted by Gasteiger charge is -2.66. The molecule has 174 valence electrons. The Balaban J connectivity index is 1.54. The standard InChI is InChI=1S/C28H44O3/c1-17-7-6-13-28(25(30)31-5)16-11-21-19(24(17)28)8-9-23-26(3)15-12-22(29)18(2)20(26)10-14-27(21,23)4/h8,17-18,20-24,29H,6-7,9-16H2,1-5H3. The molecule has 0 saturated heterocycles. The number of allylic oxidation sites excluding steroid dienone is 2. The summed E-state index contributed by atoms with van der Waals surface area (Å²) in [6.07, 6.45) is 13.9. The number of aliphatic hydroxyl groups excluding tert-OH is 1. The molecule has 4 fully saturated rings. The summed E-state index contributed by atoms with van der Waals surface area (Å²) in [4.78, 5) is 13.1. The average Bonchev–Trinajstić information content (AvgIpc) is 2.75. The molecule has 0 spiro atoms. The van der Waals surface area contributed by atoms with Gasteiger partial charge in [0.2, 0.25) is 0 Å². The number of methoxy groups -OCH3 is 1. The van der Waals surface area contributed by atoms with Crippen LogP contribution < -0.4 is 0 Å². The SMILES string of the molecule is COC(=O)C12CCCC(C)C1C1=CCC3C(C)(CCC4C(C)C(O)CCC43C)C1CC2. The highest BCUT2D eigenvalue weighted by Gasteiger charge is 2.64. The Hall–Kier alpha value is -0.830. The Morgan fingerprint density at radius 1 is 1.03 bits per heavy atom. The van der Waals surface area contributed by atoms with E-state index in [1.807, 2.05) is 0 Å². The molecule has 0 radical (unpaired) electrons. The number of ether oxygens (including phenoxy) is 1. The fraction of sp³-hybridized carbons (Fsp3) is 0.893. The lowest BCUT2D eigenvalue weighted by molar-refractivity contribution is -0.172. The minimum atomic E-state index is -0.275. The maximum absolute atomic E-state index is 13.1. The Bertz CT molecular complexity index is 772. The van der Waals surface area contributed by atoms with Crippen LogP contribution in [0, 0.1) is 51.8 Å². The highest BCUT2D eigenvalue weighted by Crippen LogP contribution is 2.70. The first-order chi connectivity index (χ1) is 14.7. The van der Waals surface area contributed by atoms with E-state index in [1.54, 1.807) is 12.7 Å². The second-order valence-electron chi connectivity index (χ2n) is 12.7. The van der Waals surface area contributed by atoms with Crippen molar-refractivity contribution in [3.8, 4) is 0 Å². The van der Waals surface area contributed by atoms with E-state index in [1.165, 1.54) is 32.1 Å². The van der Waals surface area contributed by atoms with E-state index >= 15 is 0 Å². The van der Waals surface area contributed by atoms with E-state index in [-0.39, 0.29) is 17.5 Å². The van der Waals surface area contributed by atoms with E-state index in [2.05, 4.69) is 33.8 Å². The normalized spacial score (nSPS) is 53.9. The molecule has 3 heteroatoms. The third-order valence-electron chi connectivity index (χ3n) is 11.7. The van der Waals surface area contributed by atoms with Crippen LogP contribution >= 0.6 is 0 Å². The minimum Gasteiger partial charge on any atom is -0.469 e. The molecule has 3 nitrogen and oxygen atoms in total. The summed E-state index contributed by atoms with van der Waals surface area (Å²) in [6.45, 7) is 9.85. The molecule has 0 aliphatic heterocycles. The number of aliphatic hydroxyl groups is 1. The largest absolute Gasteiger partial charge is 0.469 e. The highest BCUT2D eigenvalue weighted by atomic mass is 16.5. The van der Waals surface area contributed by atoms with Gasteiger partial charge in [0, 0.05) is 0 Å². The average molecular weight is 429 g/mol. The smallest absolute Gasteiger partial charge is 0.312 e. The van der Waals surface area contributed by atoms with Crippen molar-refractivity contribution in [2.24, 2.45) is 51.8 Å². The van der Waals surface area contributed by atoms with E-state index < -0.39 is 0 Å². The molecule has 10 atom stereocenters. The third kappa shape index (κ3) is 2.83. The van der Waals surface area contributed by atoms with Gasteiger partial charge < -0.3 is 9.84 Å². The first-order valence-electron chi connectivity index (χ1n) is 13.2. The fourth-order valence-electron chi connectivity index (χ4n) is 10.2. The Labute approximate surface area is 189 Å². The summed E-state index contributed by atoms with van der Waals surface area (Å²) in [7, 11) is 1.59. The van der Waals surface area contributed by atoms with Crippen molar-refractivity contribution in [2.45, 2.75) is 98.0 Å². The predicted octanol–water partition coefficient (Wildman–Crippen LogP) is 6.15. The van der Waals surface area contributed by atoms with Gasteiger partial charge in [-0.3, -0.25) is 4.79 Å². The summed E-state index contributed by atoms with van der Waals surface area (Å²) in [5, 5.41) is 10.6. The summed E-state index contributed by atoms with van der Waals surface area (Å²) in [5.41, 5.74) is 2.02. The number of hydrogen-bond donors (Lipinski definition) is 1. The molecule has 5 aliphatic rings. The van der Waals surface area contributed by atoms with Crippen LogP contribution in [0.4, 0.5) is 0 Å². The molecule has 5 aliphatic carbocycles. The molecule has 5 rings (SSSR count). The van der Waals surface area contributed by atoms with Gasteiger partial charge in [-0.25, -0.2) is 0 Å². The number of carbonyl (C=O) groups excluding carboxylic acids is 1. The number of esters is 1. The lowest BCUT2D eigenvalue weighted by Crippen LogP contribution is -2.60. The van der Waals surface area contributed by atoms with Gasteiger partial charge in [0.05, 0.1) is 18.6 Å². The predicted molar refractivity (Wildman–Crippen MR) is 123 cm³/mol. The number of hydrogen-bond acceptors (Lipinski definition) is 3. The van der Waals surface area contributed by atoms with E-state index in [9.17, 15) is 9.90 Å². The van der Waals surface area contributed by atoms with Gasteiger partial charge in [0.25, 0.3) is 0 Å². The van der Waals surface area contributed by atoms with Crippen LogP contribution in [0.3, 0.4) is 0 Å². The van der Waals surface area contributed by atoms with Crippen LogP contribution in [0.5, 0.6) is 0 Å². The van der Waals surface area contributed by atoms with Gasteiger partial charge in [-0.05, 0) is 97.7 Å². The van der Waals surface area contributed by atoms with Crippen LogP contribution in [-0.4, -0.2) is 24.3 Å². The van der Waals surface area contributed by atoms with Crippen molar-refractivity contribution in [3.63, 3.8) is 0 Å². The maximum Gasteiger partial charge on any atom is 0.312 e. The zero-order valence-corrected chi connectivity index (χ0v) is 20.5. The van der Waals surface area contributed by atoms with Gasteiger partial charge in [0.1, 0.15) is 0 Å². The fourth-order valence-corrected chi connectivity index (χ4v) is 10.2. The van der Waals surface area contributed by atoms with Crippen LogP contribution in [0.1, 0.15) is 91.9 Å². The first-order valence-corrected chi connectivity index (χ1v) is 13.2. The molecule has 0 aromatic carbocycles. The third-order valence-corrected chi connectivity index (χ3v) is 11.7. The summed E-state index contributed by atoms with van der Waals surface area (Å²) in [5.74, 6) is 3.39. The zero-order chi connectivity index (χ0) is 22.2. The summed E-state index contributed by atoms with van der Waals surface area (Å²) >= 11 is 0.